The molecule has 0 radical (unpaired) electrons. The molecule has 1 aromatic heterocycles. The van der Waals surface area contributed by atoms with Crippen molar-refractivity contribution in [3.8, 4) is 0 Å². The van der Waals surface area contributed by atoms with Crippen molar-refractivity contribution in [3.05, 3.63) is 63.1 Å². The van der Waals surface area contributed by atoms with E-state index in [1.807, 2.05) is 26.0 Å². The summed E-state index contributed by atoms with van der Waals surface area (Å²) in [5.74, 6) is -0.509. The van der Waals surface area contributed by atoms with Crippen molar-refractivity contribution in [2.75, 3.05) is 12.3 Å². The van der Waals surface area contributed by atoms with Crippen molar-refractivity contribution in [1.29, 1.82) is 0 Å². The summed E-state index contributed by atoms with van der Waals surface area (Å²) in [7, 11) is 0. The second-order valence-electron chi connectivity index (χ2n) is 7.59. The molecular weight excluding hydrogens is 366 g/mol. The lowest BCUT2D eigenvalue weighted by Gasteiger charge is -2.29. The summed E-state index contributed by atoms with van der Waals surface area (Å²) in [5.41, 5.74) is 7.78. The molecule has 27 heavy (non-hydrogen) atoms. The van der Waals surface area contributed by atoms with Crippen LogP contribution in [0.3, 0.4) is 0 Å². The van der Waals surface area contributed by atoms with E-state index in [9.17, 15) is 14.4 Å². The summed E-state index contributed by atoms with van der Waals surface area (Å²) in [6.45, 7) is 4.37. The highest BCUT2D eigenvalue weighted by Gasteiger charge is 2.32. The van der Waals surface area contributed by atoms with Crippen molar-refractivity contribution < 1.29 is 9.59 Å². The number of hydrogen-bond acceptors (Lipinski definition) is 4. The molecule has 144 valence electrons. The molecule has 0 unspecified atom stereocenters. The maximum atomic E-state index is 12.4. The minimum absolute atomic E-state index is 0. The van der Waals surface area contributed by atoms with Crippen LogP contribution < -0.4 is 16.6 Å². The number of nitrogens with one attached hydrogen (secondary N) is 2. The van der Waals surface area contributed by atoms with E-state index in [-0.39, 0.29) is 29.2 Å². The predicted octanol–water partition coefficient (Wildman–Crippen LogP) is 2.51. The summed E-state index contributed by atoms with van der Waals surface area (Å²) in [6.07, 6.45) is 1.65. The van der Waals surface area contributed by atoms with Crippen LogP contribution in [-0.2, 0) is 12.8 Å². The van der Waals surface area contributed by atoms with Crippen molar-refractivity contribution in [3.63, 3.8) is 0 Å². The first-order valence-corrected chi connectivity index (χ1v) is 8.67. The van der Waals surface area contributed by atoms with Crippen LogP contribution in [0.4, 0.5) is 5.69 Å². The molecule has 1 aliphatic carbocycles. The van der Waals surface area contributed by atoms with E-state index in [2.05, 4.69) is 10.3 Å². The maximum absolute atomic E-state index is 12.4. The molecule has 0 aliphatic heterocycles. The largest absolute Gasteiger partial charge is 0.399 e. The first-order valence-electron chi connectivity index (χ1n) is 8.67. The number of rotatable bonds is 4. The Labute approximate surface area is 164 Å². The monoisotopic (exact) mass is 389 g/mol. The Bertz CT molecular complexity index is 917. The van der Waals surface area contributed by atoms with E-state index in [0.717, 1.165) is 5.56 Å². The van der Waals surface area contributed by atoms with E-state index >= 15 is 0 Å². The van der Waals surface area contributed by atoms with Crippen molar-refractivity contribution in [1.82, 2.24) is 10.3 Å². The van der Waals surface area contributed by atoms with Gasteiger partial charge in [0.15, 0.2) is 5.78 Å². The average Bonchev–Trinajstić information content (AvgIpc) is 2.55. The molecule has 1 amide bonds. The molecule has 6 nitrogen and oxygen atoms in total. The van der Waals surface area contributed by atoms with E-state index in [0.29, 0.717) is 42.8 Å². The van der Waals surface area contributed by atoms with Gasteiger partial charge in [0.05, 0.1) is 0 Å². The number of pyridine rings is 1. The van der Waals surface area contributed by atoms with Gasteiger partial charge in [0.1, 0.15) is 5.56 Å². The van der Waals surface area contributed by atoms with E-state index in [1.165, 1.54) is 6.07 Å². The van der Waals surface area contributed by atoms with Crippen molar-refractivity contribution in [2.24, 2.45) is 5.41 Å². The van der Waals surface area contributed by atoms with E-state index < -0.39 is 11.5 Å². The number of Topliss-reactive ketones (excluding diaryl/α,β-unsaturated/α-hetero) is 1. The fraction of sp³-hybridized carbons (Fsp3) is 0.350. The number of halogens is 1. The summed E-state index contributed by atoms with van der Waals surface area (Å²) in [5, 5.41) is 2.74. The number of aromatic nitrogens is 1. The van der Waals surface area contributed by atoms with E-state index in [1.54, 1.807) is 12.1 Å². The van der Waals surface area contributed by atoms with Gasteiger partial charge < -0.3 is 16.0 Å². The summed E-state index contributed by atoms with van der Waals surface area (Å²) in [6, 6.07) is 8.84. The van der Waals surface area contributed by atoms with Gasteiger partial charge in [0, 0.05) is 29.9 Å². The smallest absolute Gasteiger partial charge is 0.261 e. The van der Waals surface area contributed by atoms with Crippen LogP contribution in [0, 0.1) is 5.41 Å². The van der Waals surface area contributed by atoms with Crippen LogP contribution in [0.15, 0.2) is 35.1 Å². The fourth-order valence-electron chi connectivity index (χ4n) is 3.30. The second-order valence-corrected chi connectivity index (χ2v) is 7.59. The molecule has 0 fully saturated rings. The maximum Gasteiger partial charge on any atom is 0.261 e. The third kappa shape index (κ3) is 4.77. The Hall–Kier alpha value is -2.60. The quantitative estimate of drug-likeness (QED) is 0.698. The number of carbonyl (C=O) groups excluding carboxylic acids is 2. The molecule has 7 heteroatoms. The number of nitrogens with two attached hydrogens (primary N) is 1. The van der Waals surface area contributed by atoms with Crippen LogP contribution in [0.1, 0.15) is 52.2 Å². The summed E-state index contributed by atoms with van der Waals surface area (Å²) in [4.78, 5) is 39.7. The normalized spacial score (nSPS) is 14.8. The molecule has 3 rings (SSSR count). The highest BCUT2D eigenvalue weighted by Crippen LogP contribution is 2.33. The minimum atomic E-state index is -0.470. The van der Waals surface area contributed by atoms with Crippen LogP contribution in [0.5, 0.6) is 0 Å². The molecule has 0 spiro atoms. The van der Waals surface area contributed by atoms with Crippen LogP contribution >= 0.6 is 12.4 Å². The standard InChI is InChI=1S/C20H23N3O3.ClH/c1-20(2)10-16-14(17(24)11-20)9-15(19(26)23-16)18(25)22-8-7-12-3-5-13(21)6-4-12;/h3-6,9H,7-8,10-11,21H2,1-2H3,(H,22,25)(H,23,26);1H. The van der Waals surface area contributed by atoms with Gasteiger partial charge in [-0.15, -0.1) is 12.4 Å². The Kier molecular flexibility index (Phi) is 6.11. The highest BCUT2D eigenvalue weighted by molar-refractivity contribution is 6.02. The predicted molar refractivity (Wildman–Crippen MR) is 108 cm³/mol. The third-order valence-corrected chi connectivity index (χ3v) is 4.64. The number of fused-ring (bicyclic) bond motifs is 1. The number of nitrogen functional groups attached to an aromatic ring is 1. The van der Waals surface area contributed by atoms with Gasteiger partial charge >= 0.3 is 0 Å². The van der Waals surface area contributed by atoms with Crippen molar-refractivity contribution in [2.45, 2.75) is 33.1 Å². The summed E-state index contributed by atoms with van der Waals surface area (Å²) < 4.78 is 0. The molecule has 1 aliphatic rings. The van der Waals surface area contributed by atoms with Crippen LogP contribution in [0.25, 0.3) is 0 Å². The highest BCUT2D eigenvalue weighted by atomic mass is 35.5. The lowest BCUT2D eigenvalue weighted by Crippen LogP contribution is -2.35. The molecule has 2 aromatic rings. The average molecular weight is 390 g/mol. The number of ketones is 1. The Morgan fingerprint density at radius 1 is 1.19 bits per heavy atom. The Morgan fingerprint density at radius 3 is 2.52 bits per heavy atom. The van der Waals surface area contributed by atoms with E-state index in [4.69, 9.17) is 5.73 Å². The number of amides is 1. The molecule has 1 heterocycles. The van der Waals surface area contributed by atoms with Gasteiger partial charge in [-0.3, -0.25) is 14.4 Å². The first kappa shape index (κ1) is 20.7. The number of benzene rings is 1. The molecule has 4 N–H and O–H groups in total. The fourth-order valence-corrected chi connectivity index (χ4v) is 3.30. The Balaban J connectivity index is 0.00000261. The Morgan fingerprint density at radius 2 is 1.85 bits per heavy atom. The lowest BCUT2D eigenvalue weighted by molar-refractivity contribution is 0.0910. The van der Waals surface area contributed by atoms with Crippen LogP contribution in [0.2, 0.25) is 0 Å². The first-order chi connectivity index (χ1) is 12.2. The van der Waals surface area contributed by atoms with Crippen molar-refractivity contribution >= 4 is 29.8 Å². The number of H-pyrrole nitrogens is 1. The van der Waals surface area contributed by atoms with Gasteiger partial charge in [-0.2, -0.15) is 0 Å². The van der Waals surface area contributed by atoms with Gasteiger partial charge in [-0.05, 0) is 42.0 Å². The number of hydrogen-bond donors (Lipinski definition) is 3. The number of aromatic amines is 1. The SMILES string of the molecule is CC1(C)CC(=O)c2cc(C(=O)NCCc3ccc(N)cc3)c(=O)[nH]c2C1.Cl. The van der Waals surface area contributed by atoms with Crippen LogP contribution in [-0.4, -0.2) is 23.2 Å². The van der Waals surface area contributed by atoms with Gasteiger partial charge in [-0.1, -0.05) is 26.0 Å². The molecule has 0 saturated heterocycles. The second kappa shape index (κ2) is 7.96. The third-order valence-electron chi connectivity index (χ3n) is 4.64. The molecule has 0 atom stereocenters. The van der Waals surface area contributed by atoms with Gasteiger partial charge in [0.25, 0.3) is 11.5 Å². The van der Waals surface area contributed by atoms with Gasteiger partial charge in [0.2, 0.25) is 0 Å². The number of anilines is 1. The lowest BCUT2D eigenvalue weighted by atomic mass is 9.75. The zero-order chi connectivity index (χ0) is 18.9. The molecule has 0 saturated carbocycles. The van der Waals surface area contributed by atoms with Gasteiger partial charge in [-0.25, -0.2) is 0 Å². The zero-order valence-corrected chi connectivity index (χ0v) is 16.2. The minimum Gasteiger partial charge on any atom is -0.399 e. The zero-order valence-electron chi connectivity index (χ0n) is 15.4. The molecule has 1 aromatic carbocycles. The number of carbonyl (C=O) groups is 2. The molecular formula is C20H24ClN3O3. The summed E-state index contributed by atoms with van der Waals surface area (Å²) >= 11 is 0. The molecule has 0 bridgehead atoms. The topological polar surface area (TPSA) is 105 Å².